The number of carbonyl (C=O) groups is 1. The molecular formula is C28H23FN4O4. The van der Waals surface area contributed by atoms with Gasteiger partial charge < -0.3 is 20.6 Å². The summed E-state index contributed by atoms with van der Waals surface area (Å²) in [6, 6.07) is 15.6. The van der Waals surface area contributed by atoms with Crippen molar-refractivity contribution in [2.45, 2.75) is 19.9 Å². The van der Waals surface area contributed by atoms with Crippen LogP contribution < -0.4 is 16.5 Å². The van der Waals surface area contributed by atoms with Gasteiger partial charge in [-0.1, -0.05) is 18.2 Å². The molecule has 9 heteroatoms. The minimum Gasteiger partial charge on any atom is -0.478 e. The second-order valence-electron chi connectivity index (χ2n) is 8.80. The molecule has 3 aromatic carbocycles. The quantitative estimate of drug-likeness (QED) is 0.262. The molecule has 37 heavy (non-hydrogen) atoms. The number of nitrogens with zero attached hydrogens (tertiary/aromatic N) is 2. The van der Waals surface area contributed by atoms with Crippen LogP contribution >= 0.6 is 0 Å². The van der Waals surface area contributed by atoms with E-state index in [1.54, 1.807) is 36.5 Å². The van der Waals surface area contributed by atoms with Gasteiger partial charge in [0.2, 0.25) is 0 Å². The van der Waals surface area contributed by atoms with Crippen LogP contribution in [0, 0.1) is 12.7 Å². The molecule has 1 atom stereocenters. The van der Waals surface area contributed by atoms with Crippen LogP contribution in [0.4, 0.5) is 15.8 Å². The molecule has 8 nitrogen and oxygen atoms in total. The predicted molar refractivity (Wildman–Crippen MR) is 140 cm³/mol. The highest BCUT2D eigenvalue weighted by Crippen LogP contribution is 2.31. The molecule has 5 aromatic rings. The fourth-order valence-electron chi connectivity index (χ4n) is 4.25. The van der Waals surface area contributed by atoms with Crippen molar-refractivity contribution < 1.29 is 18.7 Å². The van der Waals surface area contributed by atoms with E-state index >= 15 is 0 Å². The largest absolute Gasteiger partial charge is 0.478 e. The molecule has 0 aliphatic carbocycles. The first-order valence-electron chi connectivity index (χ1n) is 11.5. The van der Waals surface area contributed by atoms with Crippen molar-refractivity contribution in [1.29, 1.82) is 0 Å². The number of rotatable bonds is 6. The standard InChI is InChI=1S/C28H23FN4O4/c1-15-9-20(16(2)32-24-6-4-3-5-19(24)28(35)36)27-21(10-15)25(34)12-26(37-27)17-13-31-33(14-17)18-7-8-23(30)22(29)11-18/h3-14,16,32H,30H2,1-2H3,(H,35,36). The minimum atomic E-state index is -1.05. The SMILES string of the molecule is Cc1cc(C(C)Nc2ccccc2C(=O)O)c2oc(-c3cnn(-c4ccc(N)c(F)c4)c3)cc(=O)c2c1. The number of aromatic carboxylic acids is 1. The van der Waals surface area contributed by atoms with E-state index in [9.17, 15) is 19.1 Å². The van der Waals surface area contributed by atoms with Gasteiger partial charge in [0, 0.05) is 29.6 Å². The molecule has 186 valence electrons. The highest BCUT2D eigenvalue weighted by molar-refractivity contribution is 5.94. The number of aromatic nitrogens is 2. The first kappa shape index (κ1) is 23.8. The summed E-state index contributed by atoms with van der Waals surface area (Å²) < 4.78 is 21.6. The van der Waals surface area contributed by atoms with E-state index in [0.29, 0.717) is 39.2 Å². The Balaban J connectivity index is 1.58. The molecule has 0 bridgehead atoms. The van der Waals surface area contributed by atoms with Crippen molar-refractivity contribution in [3.63, 3.8) is 0 Å². The van der Waals surface area contributed by atoms with Crippen molar-refractivity contribution >= 4 is 28.3 Å². The van der Waals surface area contributed by atoms with Crippen LogP contribution in [0.3, 0.4) is 0 Å². The van der Waals surface area contributed by atoms with E-state index in [0.717, 1.165) is 5.56 Å². The van der Waals surface area contributed by atoms with Crippen LogP contribution in [0.2, 0.25) is 0 Å². The summed E-state index contributed by atoms with van der Waals surface area (Å²) in [5.74, 6) is -1.31. The number of carboxylic acids is 1. The maximum atomic E-state index is 13.9. The van der Waals surface area contributed by atoms with Gasteiger partial charge in [-0.25, -0.2) is 13.9 Å². The second-order valence-corrected chi connectivity index (χ2v) is 8.80. The summed E-state index contributed by atoms with van der Waals surface area (Å²) in [6.07, 6.45) is 3.16. The predicted octanol–water partition coefficient (Wildman–Crippen LogP) is 5.55. The van der Waals surface area contributed by atoms with Crippen molar-refractivity contribution in [1.82, 2.24) is 9.78 Å². The number of para-hydroxylation sites is 1. The van der Waals surface area contributed by atoms with Gasteiger partial charge in [0.05, 0.1) is 40.1 Å². The maximum Gasteiger partial charge on any atom is 0.337 e. The number of hydrogen-bond donors (Lipinski definition) is 3. The molecule has 0 aliphatic rings. The van der Waals surface area contributed by atoms with Crippen LogP contribution in [0.15, 0.2) is 82.3 Å². The van der Waals surface area contributed by atoms with E-state index < -0.39 is 11.8 Å². The van der Waals surface area contributed by atoms with Gasteiger partial charge in [0.15, 0.2) is 5.43 Å². The fourth-order valence-corrected chi connectivity index (χ4v) is 4.25. The smallest absolute Gasteiger partial charge is 0.337 e. The molecule has 4 N–H and O–H groups in total. The lowest BCUT2D eigenvalue weighted by Gasteiger charge is -2.19. The number of hydrogen-bond acceptors (Lipinski definition) is 6. The molecule has 2 aromatic heterocycles. The Morgan fingerprint density at radius 3 is 2.70 bits per heavy atom. The lowest BCUT2D eigenvalue weighted by Crippen LogP contribution is -2.12. The molecule has 0 saturated heterocycles. The topological polar surface area (TPSA) is 123 Å². The highest BCUT2D eigenvalue weighted by atomic mass is 19.1. The van der Waals surface area contributed by atoms with E-state index in [1.807, 2.05) is 19.9 Å². The monoisotopic (exact) mass is 498 g/mol. The molecule has 0 spiro atoms. The molecular weight excluding hydrogens is 475 g/mol. The zero-order valence-corrected chi connectivity index (χ0v) is 20.0. The van der Waals surface area contributed by atoms with Gasteiger partial charge in [-0.3, -0.25) is 4.79 Å². The Hall–Kier alpha value is -4.92. The summed E-state index contributed by atoms with van der Waals surface area (Å²) in [5, 5.41) is 17.5. The number of halogens is 1. The highest BCUT2D eigenvalue weighted by Gasteiger charge is 2.19. The molecule has 0 fully saturated rings. The van der Waals surface area contributed by atoms with Crippen molar-refractivity contribution in [2.75, 3.05) is 11.1 Å². The molecule has 5 rings (SSSR count). The van der Waals surface area contributed by atoms with Crippen LogP contribution in [-0.4, -0.2) is 20.9 Å². The average Bonchev–Trinajstić information content (AvgIpc) is 3.36. The van der Waals surface area contributed by atoms with E-state index in [-0.39, 0.29) is 22.7 Å². The first-order valence-corrected chi connectivity index (χ1v) is 11.5. The van der Waals surface area contributed by atoms with E-state index in [2.05, 4.69) is 10.4 Å². The third-order valence-electron chi connectivity index (χ3n) is 6.11. The van der Waals surface area contributed by atoms with Crippen LogP contribution in [0.5, 0.6) is 0 Å². The van der Waals surface area contributed by atoms with Gasteiger partial charge in [-0.2, -0.15) is 5.10 Å². The number of fused-ring (bicyclic) bond motifs is 1. The number of nitrogen functional groups attached to an aromatic ring is 1. The summed E-state index contributed by atoms with van der Waals surface area (Å²) in [7, 11) is 0. The van der Waals surface area contributed by atoms with Crippen molar-refractivity contribution in [3.05, 3.63) is 106 Å². The zero-order valence-electron chi connectivity index (χ0n) is 20.0. The van der Waals surface area contributed by atoms with E-state index in [4.69, 9.17) is 10.2 Å². The van der Waals surface area contributed by atoms with Crippen LogP contribution in [0.1, 0.15) is 34.5 Å². The summed E-state index contributed by atoms with van der Waals surface area (Å²) >= 11 is 0. The Bertz CT molecular complexity index is 1720. The molecule has 1 unspecified atom stereocenters. The number of aryl methyl sites for hydroxylation is 1. The molecule has 0 amide bonds. The van der Waals surface area contributed by atoms with Crippen LogP contribution in [0.25, 0.3) is 28.0 Å². The Morgan fingerprint density at radius 1 is 1.16 bits per heavy atom. The first-order chi connectivity index (χ1) is 17.7. The Morgan fingerprint density at radius 2 is 1.95 bits per heavy atom. The van der Waals surface area contributed by atoms with E-state index in [1.165, 1.54) is 35.1 Å². The third-order valence-corrected chi connectivity index (χ3v) is 6.11. The summed E-state index contributed by atoms with van der Waals surface area (Å²) in [4.78, 5) is 24.8. The molecule has 0 radical (unpaired) electrons. The molecule has 2 heterocycles. The van der Waals surface area contributed by atoms with Gasteiger partial charge in [0.1, 0.15) is 17.2 Å². The number of nitrogens with two attached hydrogens (primary N) is 1. The zero-order chi connectivity index (χ0) is 26.3. The maximum absolute atomic E-state index is 13.9. The van der Waals surface area contributed by atoms with Gasteiger partial charge in [-0.05, 0) is 49.7 Å². The Labute approximate surface area is 210 Å². The van der Waals surface area contributed by atoms with Crippen molar-refractivity contribution in [2.24, 2.45) is 0 Å². The molecule has 0 aliphatic heterocycles. The van der Waals surface area contributed by atoms with Gasteiger partial charge >= 0.3 is 5.97 Å². The Kier molecular flexibility index (Phi) is 5.96. The van der Waals surface area contributed by atoms with Gasteiger partial charge in [0.25, 0.3) is 0 Å². The fraction of sp³-hybridized carbons (Fsp3) is 0.107. The minimum absolute atomic E-state index is 0.0354. The lowest BCUT2D eigenvalue weighted by atomic mass is 10.0. The second kappa shape index (κ2) is 9.27. The molecule has 0 saturated carbocycles. The average molecular weight is 499 g/mol. The summed E-state index contributed by atoms with van der Waals surface area (Å²) in [5.41, 5.74) is 8.89. The lowest BCUT2D eigenvalue weighted by molar-refractivity contribution is 0.0698. The number of benzene rings is 3. The normalized spacial score (nSPS) is 12.0. The number of nitrogens with one attached hydrogen (secondary N) is 1. The number of anilines is 2. The van der Waals surface area contributed by atoms with Crippen molar-refractivity contribution in [3.8, 4) is 17.0 Å². The summed E-state index contributed by atoms with van der Waals surface area (Å²) in [6.45, 7) is 3.75. The third kappa shape index (κ3) is 4.54. The van der Waals surface area contributed by atoms with Crippen LogP contribution in [-0.2, 0) is 0 Å². The number of carboxylic acid groups (broad SMARTS) is 1. The van der Waals surface area contributed by atoms with Gasteiger partial charge in [-0.15, -0.1) is 0 Å².